The minimum absolute atomic E-state index is 0. The van der Waals surface area contributed by atoms with Crippen LogP contribution in [0.15, 0.2) is 37.1 Å². The van der Waals surface area contributed by atoms with Crippen molar-refractivity contribution in [3.8, 4) is 11.3 Å². The summed E-state index contributed by atoms with van der Waals surface area (Å²) in [6.45, 7) is 0.433. The summed E-state index contributed by atoms with van der Waals surface area (Å²) < 4.78 is 1.64. The smallest absolute Gasteiger partial charge is 0.303 e. The fourth-order valence-corrected chi connectivity index (χ4v) is 1.74. The third kappa shape index (κ3) is 5.53. The fraction of sp³-hybridized carbons (Fsp3) is 0.286. The second-order valence-electron chi connectivity index (χ2n) is 4.46. The van der Waals surface area contributed by atoms with Crippen molar-refractivity contribution in [3.05, 3.63) is 37.1 Å². The zero-order valence-corrected chi connectivity index (χ0v) is 12.5. The molecule has 0 saturated carbocycles. The molecule has 0 saturated heterocycles. The normalized spacial score (nSPS) is 9.82. The second kappa shape index (κ2) is 8.78. The SMILES string of the molecule is O=C(O)CCC(=O)CC[n+]1ccc(-c2ccncn2)cn1.[Cl-]. The minimum Gasteiger partial charge on any atom is -1.00 e. The average molecular weight is 323 g/mol. The predicted molar refractivity (Wildman–Crippen MR) is 72.0 cm³/mol. The standard InChI is InChI=1S/C14H14N4O3.ClH/c19-12(1-2-14(20)21)5-8-18-7-4-11(9-17-18)13-3-6-15-10-16-13;/h3-4,6-7,9-10H,1-2,5,8H2;1H. The van der Waals surface area contributed by atoms with Gasteiger partial charge in [0.05, 0.1) is 18.5 Å². The minimum atomic E-state index is -0.955. The zero-order chi connectivity index (χ0) is 15.1. The van der Waals surface area contributed by atoms with Gasteiger partial charge in [0, 0.05) is 24.2 Å². The van der Waals surface area contributed by atoms with Crippen LogP contribution in [0.1, 0.15) is 19.3 Å². The Kier molecular flexibility index (Phi) is 7.04. The summed E-state index contributed by atoms with van der Waals surface area (Å²) >= 11 is 0. The Morgan fingerprint density at radius 3 is 2.59 bits per heavy atom. The van der Waals surface area contributed by atoms with E-state index >= 15 is 0 Å². The van der Waals surface area contributed by atoms with Gasteiger partial charge in [-0.25, -0.2) is 9.97 Å². The van der Waals surface area contributed by atoms with Crippen LogP contribution in [0.3, 0.4) is 0 Å². The fourth-order valence-electron chi connectivity index (χ4n) is 1.74. The van der Waals surface area contributed by atoms with Gasteiger partial charge in [-0.15, -0.1) is 0 Å². The third-order valence-corrected chi connectivity index (χ3v) is 2.89. The summed E-state index contributed by atoms with van der Waals surface area (Å²) in [7, 11) is 0. The highest BCUT2D eigenvalue weighted by Crippen LogP contribution is 2.11. The van der Waals surface area contributed by atoms with Gasteiger partial charge in [0.25, 0.3) is 0 Å². The molecular formula is C14H15ClN4O3. The Morgan fingerprint density at radius 2 is 2.00 bits per heavy atom. The van der Waals surface area contributed by atoms with Crippen molar-refractivity contribution in [2.24, 2.45) is 0 Å². The quantitative estimate of drug-likeness (QED) is 0.574. The van der Waals surface area contributed by atoms with Crippen LogP contribution in [-0.2, 0) is 16.1 Å². The Balaban J connectivity index is 0.00000242. The first-order chi connectivity index (χ1) is 10.1. The molecule has 0 aliphatic rings. The van der Waals surface area contributed by atoms with Gasteiger partial charge in [0.1, 0.15) is 18.3 Å². The van der Waals surface area contributed by atoms with E-state index in [1.54, 1.807) is 29.3 Å². The number of nitrogens with zero attached hydrogens (tertiary/aromatic N) is 4. The molecule has 2 rings (SSSR count). The van der Waals surface area contributed by atoms with Gasteiger partial charge in [0.15, 0.2) is 12.7 Å². The number of hydrogen-bond acceptors (Lipinski definition) is 5. The molecule has 0 fully saturated rings. The van der Waals surface area contributed by atoms with Gasteiger partial charge in [-0.2, -0.15) is 0 Å². The molecule has 7 nitrogen and oxygen atoms in total. The number of hydrogen-bond donors (Lipinski definition) is 1. The van der Waals surface area contributed by atoms with Crippen molar-refractivity contribution < 1.29 is 31.8 Å². The molecular weight excluding hydrogens is 308 g/mol. The van der Waals surface area contributed by atoms with Crippen molar-refractivity contribution >= 4 is 11.8 Å². The van der Waals surface area contributed by atoms with Gasteiger partial charge < -0.3 is 17.5 Å². The van der Waals surface area contributed by atoms with Gasteiger partial charge in [-0.05, 0) is 11.2 Å². The first-order valence-corrected chi connectivity index (χ1v) is 6.51. The Bertz CT molecular complexity index is 620. The lowest BCUT2D eigenvalue weighted by molar-refractivity contribution is -0.752. The molecule has 0 bridgehead atoms. The Morgan fingerprint density at radius 1 is 1.18 bits per heavy atom. The predicted octanol–water partition coefficient (Wildman–Crippen LogP) is -2.35. The molecule has 0 aromatic carbocycles. The van der Waals surface area contributed by atoms with Gasteiger partial charge >= 0.3 is 5.97 Å². The number of ketones is 1. The summed E-state index contributed by atoms with van der Waals surface area (Å²) in [5.41, 5.74) is 1.65. The third-order valence-electron chi connectivity index (χ3n) is 2.89. The largest absolute Gasteiger partial charge is 1.00 e. The van der Waals surface area contributed by atoms with Crippen LogP contribution in [0.4, 0.5) is 0 Å². The lowest BCUT2D eigenvalue weighted by atomic mass is 10.1. The molecule has 2 aromatic rings. The monoisotopic (exact) mass is 322 g/mol. The number of aliphatic carboxylic acids is 1. The van der Waals surface area contributed by atoms with E-state index in [9.17, 15) is 9.59 Å². The molecule has 8 heteroatoms. The molecule has 0 amide bonds. The Hall–Kier alpha value is -2.41. The van der Waals surface area contributed by atoms with E-state index in [4.69, 9.17) is 5.11 Å². The number of halogens is 1. The number of rotatable bonds is 7. The van der Waals surface area contributed by atoms with Crippen LogP contribution in [0.5, 0.6) is 0 Å². The molecule has 0 aliphatic carbocycles. The van der Waals surface area contributed by atoms with E-state index in [1.165, 1.54) is 6.33 Å². The second-order valence-corrected chi connectivity index (χ2v) is 4.46. The van der Waals surface area contributed by atoms with E-state index in [2.05, 4.69) is 15.1 Å². The van der Waals surface area contributed by atoms with Crippen molar-refractivity contribution in [2.75, 3.05) is 0 Å². The first kappa shape index (κ1) is 17.6. The molecule has 22 heavy (non-hydrogen) atoms. The first-order valence-electron chi connectivity index (χ1n) is 6.51. The van der Waals surface area contributed by atoms with Crippen molar-refractivity contribution in [3.63, 3.8) is 0 Å². The lowest BCUT2D eigenvalue weighted by Gasteiger charge is -1.98. The number of carbonyl (C=O) groups is 2. The van der Waals surface area contributed by atoms with Crippen LogP contribution < -0.4 is 17.1 Å². The highest BCUT2D eigenvalue weighted by Gasteiger charge is 2.10. The number of Topliss-reactive ketones (excluding diaryl/α,β-unsaturated/α-hetero) is 1. The van der Waals surface area contributed by atoms with Crippen LogP contribution in [0.25, 0.3) is 11.3 Å². The van der Waals surface area contributed by atoms with Gasteiger partial charge in [-0.1, -0.05) is 4.68 Å². The number of aryl methyl sites for hydroxylation is 1. The molecule has 0 unspecified atom stereocenters. The van der Waals surface area contributed by atoms with Crippen molar-refractivity contribution in [1.82, 2.24) is 15.1 Å². The summed E-state index contributed by atoms with van der Waals surface area (Å²) in [5, 5.41) is 12.7. The zero-order valence-electron chi connectivity index (χ0n) is 11.7. The summed E-state index contributed by atoms with van der Waals surface area (Å²) in [6.07, 6.45) is 6.78. The van der Waals surface area contributed by atoms with E-state index in [-0.39, 0.29) is 37.5 Å². The molecule has 0 spiro atoms. The van der Waals surface area contributed by atoms with Gasteiger partial charge in [0.2, 0.25) is 0 Å². The van der Waals surface area contributed by atoms with Crippen molar-refractivity contribution in [1.29, 1.82) is 0 Å². The van der Waals surface area contributed by atoms with E-state index in [0.717, 1.165) is 11.3 Å². The number of aromatic nitrogens is 4. The summed E-state index contributed by atoms with van der Waals surface area (Å²) in [6, 6.07) is 3.65. The van der Waals surface area contributed by atoms with Crippen LogP contribution in [-0.4, -0.2) is 31.9 Å². The maximum absolute atomic E-state index is 11.5. The number of carboxylic acids is 1. The molecule has 0 radical (unpaired) electrons. The van der Waals surface area contributed by atoms with Crippen LogP contribution in [0, 0.1) is 0 Å². The number of carboxylic acid groups (broad SMARTS) is 1. The average Bonchev–Trinajstić information content (AvgIpc) is 2.52. The summed E-state index contributed by atoms with van der Waals surface area (Å²) in [4.78, 5) is 29.8. The highest BCUT2D eigenvalue weighted by molar-refractivity contribution is 5.82. The van der Waals surface area contributed by atoms with Crippen LogP contribution >= 0.6 is 0 Å². The topological polar surface area (TPSA) is 96.9 Å². The maximum atomic E-state index is 11.5. The Labute approximate surface area is 133 Å². The van der Waals surface area contributed by atoms with Crippen molar-refractivity contribution in [2.45, 2.75) is 25.8 Å². The van der Waals surface area contributed by atoms with E-state index in [0.29, 0.717) is 6.54 Å². The van der Waals surface area contributed by atoms with Crippen LogP contribution in [0.2, 0.25) is 0 Å². The molecule has 2 aromatic heterocycles. The molecule has 0 aliphatic heterocycles. The molecule has 1 N–H and O–H groups in total. The molecule has 116 valence electrons. The molecule has 2 heterocycles. The lowest BCUT2D eigenvalue weighted by Crippen LogP contribution is -3.00. The van der Waals surface area contributed by atoms with E-state index < -0.39 is 5.97 Å². The van der Waals surface area contributed by atoms with Gasteiger partial charge in [-0.3, -0.25) is 9.59 Å². The number of carbonyl (C=O) groups excluding carboxylic acids is 1. The van der Waals surface area contributed by atoms with E-state index in [1.807, 2.05) is 6.07 Å². The highest BCUT2D eigenvalue weighted by atomic mass is 35.5. The summed E-state index contributed by atoms with van der Waals surface area (Å²) in [5.74, 6) is -1.03. The maximum Gasteiger partial charge on any atom is 0.303 e. The molecule has 0 atom stereocenters.